The molecule has 3 aromatic rings. The normalized spacial score (nSPS) is 17.6. The standard InChI is InChI=1S/C19H20N4O2/c1-25-17-9-5-2-6-13(17)19(24)23-11-10-20-12-16(23)18-21-14-7-3-4-8-15(14)22-18/h2-9,16,20H,10-12H2,1H3,(H,21,22). The number of ether oxygens (including phenoxy) is 1. The highest BCUT2D eigenvalue weighted by Crippen LogP contribution is 2.27. The van der Waals surface area contributed by atoms with Crippen LogP contribution in [0.15, 0.2) is 48.5 Å². The van der Waals surface area contributed by atoms with Crippen LogP contribution in [0.2, 0.25) is 0 Å². The molecule has 0 bridgehead atoms. The predicted molar refractivity (Wildman–Crippen MR) is 95.7 cm³/mol. The number of amides is 1. The number of hydrogen-bond acceptors (Lipinski definition) is 4. The van der Waals surface area contributed by atoms with Crippen molar-refractivity contribution < 1.29 is 9.53 Å². The molecule has 1 atom stereocenters. The number of benzene rings is 2. The van der Waals surface area contributed by atoms with E-state index in [1.54, 1.807) is 13.2 Å². The van der Waals surface area contributed by atoms with Crippen molar-refractivity contribution in [2.45, 2.75) is 6.04 Å². The van der Waals surface area contributed by atoms with Crippen molar-refractivity contribution in [2.75, 3.05) is 26.7 Å². The van der Waals surface area contributed by atoms with E-state index in [0.717, 1.165) is 23.4 Å². The Balaban J connectivity index is 1.70. The van der Waals surface area contributed by atoms with E-state index in [9.17, 15) is 4.79 Å². The number of rotatable bonds is 3. The molecule has 1 aromatic heterocycles. The van der Waals surface area contributed by atoms with Gasteiger partial charge < -0.3 is 19.9 Å². The highest BCUT2D eigenvalue weighted by atomic mass is 16.5. The first-order valence-electron chi connectivity index (χ1n) is 8.37. The van der Waals surface area contributed by atoms with Crippen LogP contribution in [-0.2, 0) is 0 Å². The number of aromatic nitrogens is 2. The van der Waals surface area contributed by atoms with Crippen LogP contribution in [0.3, 0.4) is 0 Å². The first-order valence-corrected chi connectivity index (χ1v) is 8.37. The molecule has 6 nitrogen and oxygen atoms in total. The molecule has 1 saturated heterocycles. The monoisotopic (exact) mass is 336 g/mol. The van der Waals surface area contributed by atoms with Crippen LogP contribution in [0.4, 0.5) is 0 Å². The Hall–Kier alpha value is -2.86. The third-order valence-corrected chi connectivity index (χ3v) is 4.56. The maximum atomic E-state index is 13.2. The molecule has 6 heteroatoms. The van der Waals surface area contributed by atoms with Gasteiger partial charge in [0.05, 0.1) is 23.7 Å². The summed E-state index contributed by atoms with van der Waals surface area (Å²) in [6.07, 6.45) is 0. The molecular formula is C19H20N4O2. The lowest BCUT2D eigenvalue weighted by molar-refractivity contribution is 0.0622. The summed E-state index contributed by atoms with van der Waals surface area (Å²) >= 11 is 0. The maximum absolute atomic E-state index is 13.2. The van der Waals surface area contributed by atoms with E-state index in [2.05, 4.69) is 15.3 Å². The average molecular weight is 336 g/mol. The first-order chi connectivity index (χ1) is 12.3. The van der Waals surface area contributed by atoms with E-state index < -0.39 is 0 Å². The Bertz CT molecular complexity index is 872. The Kier molecular flexibility index (Phi) is 4.11. The van der Waals surface area contributed by atoms with Crippen molar-refractivity contribution in [2.24, 2.45) is 0 Å². The van der Waals surface area contributed by atoms with E-state index >= 15 is 0 Å². The molecule has 1 aliphatic heterocycles. The number of nitrogens with one attached hydrogen (secondary N) is 2. The zero-order valence-electron chi connectivity index (χ0n) is 14.0. The molecule has 1 fully saturated rings. The Morgan fingerprint density at radius 2 is 2.00 bits per heavy atom. The number of piperazine rings is 1. The number of carbonyl (C=O) groups is 1. The molecule has 1 amide bonds. The number of H-pyrrole nitrogens is 1. The van der Waals surface area contributed by atoms with Crippen LogP contribution in [-0.4, -0.2) is 47.5 Å². The topological polar surface area (TPSA) is 70.2 Å². The zero-order chi connectivity index (χ0) is 17.2. The summed E-state index contributed by atoms with van der Waals surface area (Å²) in [4.78, 5) is 23.1. The number of nitrogens with zero attached hydrogens (tertiary/aromatic N) is 2. The van der Waals surface area contributed by atoms with E-state index in [4.69, 9.17) is 4.74 Å². The van der Waals surface area contributed by atoms with Crippen molar-refractivity contribution in [1.82, 2.24) is 20.2 Å². The lowest BCUT2D eigenvalue weighted by Gasteiger charge is -2.35. The minimum absolute atomic E-state index is 0.0376. The fourth-order valence-electron chi connectivity index (χ4n) is 3.30. The first kappa shape index (κ1) is 15.7. The Labute approximate surface area is 145 Å². The quantitative estimate of drug-likeness (QED) is 0.770. The van der Waals surface area contributed by atoms with Crippen LogP contribution in [0.5, 0.6) is 5.75 Å². The number of carbonyl (C=O) groups excluding carboxylic acids is 1. The average Bonchev–Trinajstić information content (AvgIpc) is 3.11. The summed E-state index contributed by atoms with van der Waals surface area (Å²) in [5.74, 6) is 1.36. The number of hydrogen-bond donors (Lipinski definition) is 2. The van der Waals surface area contributed by atoms with Crippen LogP contribution in [0.25, 0.3) is 11.0 Å². The summed E-state index contributed by atoms with van der Waals surface area (Å²) in [5.41, 5.74) is 2.47. The van der Waals surface area contributed by atoms with Gasteiger partial charge in [-0.15, -0.1) is 0 Å². The van der Waals surface area contributed by atoms with Gasteiger partial charge in [0.15, 0.2) is 0 Å². The minimum Gasteiger partial charge on any atom is -0.496 e. The van der Waals surface area contributed by atoms with Crippen LogP contribution >= 0.6 is 0 Å². The smallest absolute Gasteiger partial charge is 0.258 e. The van der Waals surface area contributed by atoms with Crippen molar-refractivity contribution in [3.8, 4) is 5.75 Å². The number of imidazole rings is 1. The van der Waals surface area contributed by atoms with Gasteiger partial charge >= 0.3 is 0 Å². The van der Waals surface area contributed by atoms with E-state index in [1.807, 2.05) is 47.4 Å². The highest BCUT2D eigenvalue weighted by molar-refractivity contribution is 5.97. The van der Waals surface area contributed by atoms with Gasteiger partial charge in [-0.1, -0.05) is 24.3 Å². The van der Waals surface area contributed by atoms with Crippen LogP contribution in [0.1, 0.15) is 22.2 Å². The van der Waals surface area contributed by atoms with Gasteiger partial charge in [0, 0.05) is 19.6 Å². The van der Waals surface area contributed by atoms with Crippen molar-refractivity contribution in [1.29, 1.82) is 0 Å². The van der Waals surface area contributed by atoms with Gasteiger partial charge in [-0.3, -0.25) is 4.79 Å². The zero-order valence-corrected chi connectivity index (χ0v) is 14.0. The van der Waals surface area contributed by atoms with Crippen LogP contribution in [0, 0.1) is 0 Å². The lowest BCUT2D eigenvalue weighted by atomic mass is 10.1. The van der Waals surface area contributed by atoms with E-state index in [0.29, 0.717) is 24.4 Å². The summed E-state index contributed by atoms with van der Waals surface area (Å²) < 4.78 is 5.36. The van der Waals surface area contributed by atoms with Gasteiger partial charge in [0.25, 0.3) is 5.91 Å². The van der Waals surface area contributed by atoms with Crippen molar-refractivity contribution in [3.63, 3.8) is 0 Å². The summed E-state index contributed by atoms with van der Waals surface area (Å²) in [6, 6.07) is 15.1. The Morgan fingerprint density at radius 1 is 1.20 bits per heavy atom. The number of fused-ring (bicyclic) bond motifs is 1. The second-order valence-electron chi connectivity index (χ2n) is 6.06. The molecular weight excluding hydrogens is 316 g/mol. The Morgan fingerprint density at radius 3 is 2.84 bits per heavy atom. The molecule has 0 saturated carbocycles. The van der Waals surface area contributed by atoms with Crippen LogP contribution < -0.4 is 10.1 Å². The minimum atomic E-state index is -0.140. The molecule has 4 rings (SSSR count). The molecule has 2 N–H and O–H groups in total. The fraction of sp³-hybridized carbons (Fsp3) is 0.263. The second-order valence-corrected chi connectivity index (χ2v) is 6.06. The third-order valence-electron chi connectivity index (χ3n) is 4.56. The molecule has 2 heterocycles. The van der Waals surface area contributed by atoms with E-state index in [1.165, 1.54) is 0 Å². The lowest BCUT2D eigenvalue weighted by Crippen LogP contribution is -2.49. The SMILES string of the molecule is COc1ccccc1C(=O)N1CCNCC1c1nc2ccccc2[nH]1. The fourth-order valence-corrected chi connectivity index (χ4v) is 3.30. The molecule has 25 heavy (non-hydrogen) atoms. The largest absolute Gasteiger partial charge is 0.496 e. The summed E-state index contributed by atoms with van der Waals surface area (Å²) in [6.45, 7) is 2.05. The highest BCUT2D eigenvalue weighted by Gasteiger charge is 2.31. The van der Waals surface area contributed by atoms with Gasteiger partial charge in [0.1, 0.15) is 17.6 Å². The van der Waals surface area contributed by atoms with Crippen molar-refractivity contribution in [3.05, 3.63) is 59.9 Å². The number of aromatic amines is 1. The number of methoxy groups -OCH3 is 1. The summed E-state index contributed by atoms with van der Waals surface area (Å²) in [7, 11) is 1.58. The number of para-hydroxylation sites is 3. The van der Waals surface area contributed by atoms with Crippen molar-refractivity contribution >= 4 is 16.9 Å². The molecule has 0 spiro atoms. The molecule has 0 aliphatic carbocycles. The van der Waals surface area contributed by atoms with Gasteiger partial charge in [-0.2, -0.15) is 0 Å². The second kappa shape index (κ2) is 6.57. The molecule has 0 radical (unpaired) electrons. The van der Waals surface area contributed by atoms with Gasteiger partial charge in [0.2, 0.25) is 0 Å². The molecule has 1 unspecified atom stereocenters. The molecule has 128 valence electrons. The summed E-state index contributed by atoms with van der Waals surface area (Å²) in [5, 5.41) is 3.36. The maximum Gasteiger partial charge on any atom is 0.258 e. The van der Waals surface area contributed by atoms with Gasteiger partial charge in [-0.05, 0) is 24.3 Å². The predicted octanol–water partition coefficient (Wildman–Crippen LogP) is 2.36. The third kappa shape index (κ3) is 2.85. The molecule has 2 aromatic carbocycles. The molecule has 1 aliphatic rings. The van der Waals surface area contributed by atoms with Gasteiger partial charge in [-0.25, -0.2) is 4.98 Å². The van der Waals surface area contributed by atoms with E-state index in [-0.39, 0.29) is 11.9 Å².